The number of carbonyl (C=O) groups excluding carboxylic acids is 6. The lowest BCUT2D eigenvalue weighted by molar-refractivity contribution is -0.136. The van der Waals surface area contributed by atoms with E-state index in [9.17, 15) is 28.8 Å². The summed E-state index contributed by atoms with van der Waals surface area (Å²) in [7, 11) is 0. The SMILES string of the molecule is C=NOCC(C)N[C@@H]1CCc2ccc(C(=O)NNC(=O)COc3cccc4c3C(=O)N(C3CCC(=O)NC3=O)C4=O)cc21. The highest BCUT2D eigenvalue weighted by Crippen LogP contribution is 2.34. The molecule has 14 heteroatoms. The summed E-state index contributed by atoms with van der Waals surface area (Å²) >= 11 is 0. The van der Waals surface area contributed by atoms with Crippen LogP contribution in [0.4, 0.5) is 0 Å². The first-order valence-electron chi connectivity index (χ1n) is 13.7. The van der Waals surface area contributed by atoms with E-state index in [1.807, 2.05) is 13.0 Å². The number of ether oxygens (including phenoxy) is 1. The van der Waals surface area contributed by atoms with Gasteiger partial charge in [-0.05, 0) is 61.6 Å². The third-order valence-electron chi connectivity index (χ3n) is 7.49. The predicted molar refractivity (Wildman–Crippen MR) is 150 cm³/mol. The molecule has 1 aliphatic carbocycles. The van der Waals surface area contributed by atoms with Crippen LogP contribution in [0.2, 0.25) is 0 Å². The number of piperidine rings is 1. The van der Waals surface area contributed by atoms with Gasteiger partial charge in [-0.1, -0.05) is 12.1 Å². The van der Waals surface area contributed by atoms with Crippen LogP contribution in [0.1, 0.15) is 74.4 Å². The Morgan fingerprint density at radius 3 is 2.67 bits per heavy atom. The minimum atomic E-state index is -1.13. The molecule has 0 aromatic heterocycles. The fourth-order valence-corrected chi connectivity index (χ4v) is 5.46. The molecule has 0 bridgehead atoms. The number of benzene rings is 2. The summed E-state index contributed by atoms with van der Waals surface area (Å²) in [6, 6.07) is 8.56. The first-order valence-corrected chi connectivity index (χ1v) is 13.7. The van der Waals surface area contributed by atoms with Gasteiger partial charge in [0, 0.05) is 30.8 Å². The highest BCUT2D eigenvalue weighted by atomic mass is 16.6. The van der Waals surface area contributed by atoms with Crippen LogP contribution in [0.15, 0.2) is 41.6 Å². The van der Waals surface area contributed by atoms with Crippen LogP contribution in [-0.2, 0) is 25.6 Å². The zero-order chi connectivity index (χ0) is 30.7. The molecule has 14 nitrogen and oxygen atoms in total. The second-order valence-electron chi connectivity index (χ2n) is 10.4. The van der Waals surface area contributed by atoms with E-state index in [0.717, 1.165) is 28.9 Å². The number of hydrogen-bond donors (Lipinski definition) is 4. The highest BCUT2D eigenvalue weighted by Gasteiger charge is 2.46. The van der Waals surface area contributed by atoms with Gasteiger partial charge >= 0.3 is 0 Å². The Morgan fingerprint density at radius 1 is 1.09 bits per heavy atom. The number of fused-ring (bicyclic) bond motifs is 2. The second kappa shape index (κ2) is 12.4. The molecule has 2 heterocycles. The fourth-order valence-electron chi connectivity index (χ4n) is 5.46. The largest absolute Gasteiger partial charge is 0.483 e. The second-order valence-corrected chi connectivity index (χ2v) is 10.4. The number of imide groups is 2. The molecule has 5 rings (SSSR count). The van der Waals surface area contributed by atoms with E-state index in [2.05, 4.69) is 33.4 Å². The Morgan fingerprint density at radius 2 is 1.91 bits per heavy atom. The van der Waals surface area contributed by atoms with Crippen molar-refractivity contribution in [3.63, 3.8) is 0 Å². The first kappa shape index (κ1) is 29.4. The molecule has 6 amide bonds. The Labute approximate surface area is 246 Å². The number of hydrogen-bond acceptors (Lipinski definition) is 10. The van der Waals surface area contributed by atoms with E-state index in [1.54, 1.807) is 12.1 Å². The van der Waals surface area contributed by atoms with E-state index < -0.39 is 48.1 Å². The van der Waals surface area contributed by atoms with Crippen LogP contribution in [0.25, 0.3) is 0 Å². The maximum atomic E-state index is 13.2. The van der Waals surface area contributed by atoms with Crippen LogP contribution in [0, 0.1) is 0 Å². The molecule has 2 aliphatic heterocycles. The minimum absolute atomic E-state index is 0.00929. The van der Waals surface area contributed by atoms with Gasteiger partial charge in [0.05, 0.1) is 11.1 Å². The predicted octanol–water partition coefficient (Wildman–Crippen LogP) is 0.525. The molecule has 0 spiro atoms. The van der Waals surface area contributed by atoms with E-state index >= 15 is 0 Å². The normalized spacial score (nSPS) is 19.7. The monoisotopic (exact) mass is 590 g/mol. The van der Waals surface area contributed by atoms with Gasteiger partial charge in [-0.3, -0.25) is 49.8 Å². The zero-order valence-corrected chi connectivity index (χ0v) is 23.3. The van der Waals surface area contributed by atoms with Gasteiger partial charge in [0.15, 0.2) is 6.61 Å². The molecule has 2 aromatic carbocycles. The molecule has 224 valence electrons. The molecular formula is C29H30N6O8. The van der Waals surface area contributed by atoms with Crippen LogP contribution in [0.3, 0.4) is 0 Å². The summed E-state index contributed by atoms with van der Waals surface area (Å²) in [4.78, 5) is 81.0. The topological polar surface area (TPSA) is 185 Å². The Bertz CT molecular complexity index is 1520. The quantitative estimate of drug-likeness (QED) is 0.174. The van der Waals surface area contributed by atoms with Gasteiger partial charge in [-0.15, -0.1) is 5.16 Å². The summed E-state index contributed by atoms with van der Waals surface area (Å²) in [5.74, 6) is -3.94. The van der Waals surface area contributed by atoms with E-state index in [-0.39, 0.29) is 41.8 Å². The van der Waals surface area contributed by atoms with Crippen LogP contribution in [0.5, 0.6) is 5.75 Å². The zero-order valence-electron chi connectivity index (χ0n) is 23.3. The molecule has 1 saturated heterocycles. The molecule has 2 aromatic rings. The van der Waals surface area contributed by atoms with Crippen molar-refractivity contribution < 1.29 is 38.3 Å². The number of rotatable bonds is 10. The van der Waals surface area contributed by atoms with E-state index in [0.29, 0.717) is 12.2 Å². The summed E-state index contributed by atoms with van der Waals surface area (Å²) in [6.07, 6.45) is 1.73. The van der Waals surface area contributed by atoms with E-state index in [1.165, 1.54) is 18.2 Å². The molecular weight excluding hydrogens is 560 g/mol. The molecule has 3 aliphatic rings. The summed E-state index contributed by atoms with van der Waals surface area (Å²) in [6.45, 7) is 5.04. The lowest BCUT2D eigenvalue weighted by atomic mass is 10.0. The number of oxime groups is 1. The first-order chi connectivity index (χ1) is 20.7. The number of carbonyl (C=O) groups is 6. The number of amides is 6. The molecule has 0 saturated carbocycles. The molecule has 0 radical (unpaired) electrons. The van der Waals surface area contributed by atoms with Gasteiger partial charge in [-0.2, -0.15) is 0 Å². The minimum Gasteiger partial charge on any atom is -0.483 e. The van der Waals surface area contributed by atoms with Crippen LogP contribution in [-0.4, -0.2) is 72.4 Å². The van der Waals surface area contributed by atoms with Gasteiger partial charge < -0.3 is 14.9 Å². The van der Waals surface area contributed by atoms with Crippen LogP contribution < -0.4 is 26.2 Å². The number of aryl methyl sites for hydroxylation is 1. The van der Waals surface area contributed by atoms with Crippen molar-refractivity contribution in [3.8, 4) is 5.75 Å². The van der Waals surface area contributed by atoms with Gasteiger partial charge in [0.1, 0.15) is 18.4 Å². The van der Waals surface area contributed by atoms with Crippen molar-refractivity contribution in [3.05, 3.63) is 64.2 Å². The van der Waals surface area contributed by atoms with Gasteiger partial charge in [0.25, 0.3) is 23.6 Å². The van der Waals surface area contributed by atoms with Crippen molar-refractivity contribution in [2.45, 2.75) is 50.7 Å². The fraction of sp³-hybridized carbons (Fsp3) is 0.345. The molecule has 2 unspecified atom stereocenters. The Balaban J connectivity index is 1.17. The van der Waals surface area contributed by atoms with Crippen molar-refractivity contribution in [2.24, 2.45) is 5.16 Å². The summed E-state index contributed by atoms with van der Waals surface area (Å²) in [5.41, 5.74) is 7.04. The van der Waals surface area contributed by atoms with Crippen molar-refractivity contribution >= 4 is 42.2 Å². The average molecular weight is 591 g/mol. The number of nitrogens with one attached hydrogen (secondary N) is 4. The third kappa shape index (κ3) is 6.09. The maximum absolute atomic E-state index is 13.2. The Hall–Kier alpha value is -5.11. The summed E-state index contributed by atoms with van der Waals surface area (Å²) < 4.78 is 5.54. The lowest BCUT2D eigenvalue weighted by Crippen LogP contribution is -2.54. The third-order valence-corrected chi connectivity index (χ3v) is 7.49. The molecule has 1 fully saturated rings. The maximum Gasteiger partial charge on any atom is 0.276 e. The molecule has 43 heavy (non-hydrogen) atoms. The number of hydrazine groups is 1. The molecule has 4 N–H and O–H groups in total. The van der Waals surface area contributed by atoms with Crippen molar-refractivity contribution in [2.75, 3.05) is 13.2 Å². The van der Waals surface area contributed by atoms with Crippen molar-refractivity contribution in [1.82, 2.24) is 26.4 Å². The van der Waals surface area contributed by atoms with Gasteiger partial charge in [0.2, 0.25) is 11.8 Å². The lowest BCUT2D eigenvalue weighted by Gasteiger charge is -2.27. The highest BCUT2D eigenvalue weighted by molar-refractivity contribution is 6.24. The molecule has 3 atom stereocenters. The van der Waals surface area contributed by atoms with Crippen molar-refractivity contribution in [1.29, 1.82) is 0 Å². The number of nitrogens with zero attached hydrogens (tertiary/aromatic N) is 2. The van der Waals surface area contributed by atoms with Gasteiger partial charge in [-0.25, -0.2) is 0 Å². The average Bonchev–Trinajstić information content (AvgIpc) is 3.51. The Kier molecular flexibility index (Phi) is 8.48. The van der Waals surface area contributed by atoms with Crippen LogP contribution >= 0.6 is 0 Å². The standard InChI is InChI=1S/C29H30N6O8/c1-15(13-43-30-2)31-20-9-8-16-6-7-17(12-19(16)20)26(38)34-33-24(37)14-42-22-5-3-4-18-25(22)29(41)35(28(18)40)21-10-11-23(36)32-27(21)39/h3-7,12,15,20-21,31H,2,8-11,13-14H2,1H3,(H,33,37)(H,34,38)(H,32,36,39)/t15?,20-,21?/m1/s1. The van der Waals surface area contributed by atoms with E-state index in [4.69, 9.17) is 9.57 Å². The smallest absolute Gasteiger partial charge is 0.276 e. The summed E-state index contributed by atoms with van der Waals surface area (Å²) in [5, 5.41) is 9.00.